The first-order valence-electron chi connectivity index (χ1n) is 5.80. The van der Waals surface area contributed by atoms with E-state index in [1.54, 1.807) is 0 Å². The molecule has 0 atom stereocenters. The van der Waals surface area contributed by atoms with Crippen molar-refractivity contribution in [2.24, 2.45) is 11.3 Å². The van der Waals surface area contributed by atoms with Gasteiger partial charge in [0.05, 0.1) is 0 Å². The van der Waals surface area contributed by atoms with Crippen LogP contribution < -0.4 is 0 Å². The fraction of sp³-hybridized carbons (Fsp3) is 1.00. The first-order valence-corrected chi connectivity index (χ1v) is 8.04. The van der Waals surface area contributed by atoms with Gasteiger partial charge in [0.1, 0.15) is 0 Å². The van der Waals surface area contributed by atoms with E-state index in [-0.39, 0.29) is 0 Å². The topological polar surface area (TPSA) is 9.23 Å². The number of alkyl halides is 2. The zero-order chi connectivity index (χ0) is 11.7. The molecule has 0 unspecified atom stereocenters. The highest BCUT2D eigenvalue weighted by molar-refractivity contribution is 9.09. The predicted octanol–water partition coefficient (Wildman–Crippen LogP) is 4.63. The van der Waals surface area contributed by atoms with Crippen LogP contribution in [-0.2, 0) is 4.74 Å². The first kappa shape index (κ1) is 15.9. The zero-order valence-corrected chi connectivity index (χ0v) is 13.4. The number of rotatable bonds is 9. The van der Waals surface area contributed by atoms with E-state index in [0.29, 0.717) is 5.41 Å². The molecule has 0 heterocycles. The molecule has 0 saturated heterocycles. The molecule has 0 aliphatic rings. The van der Waals surface area contributed by atoms with Gasteiger partial charge in [0.25, 0.3) is 0 Å². The van der Waals surface area contributed by atoms with Crippen LogP contribution in [0, 0.1) is 11.3 Å². The molecule has 0 radical (unpaired) electrons. The quantitative estimate of drug-likeness (QED) is 0.438. The lowest BCUT2D eigenvalue weighted by molar-refractivity contribution is 0.130. The Morgan fingerprint density at radius 3 is 2.20 bits per heavy atom. The van der Waals surface area contributed by atoms with Crippen LogP contribution in [0.1, 0.15) is 40.0 Å². The van der Waals surface area contributed by atoms with Crippen molar-refractivity contribution in [3.05, 3.63) is 0 Å². The van der Waals surface area contributed by atoms with E-state index in [1.165, 1.54) is 12.8 Å². The van der Waals surface area contributed by atoms with E-state index in [4.69, 9.17) is 4.74 Å². The maximum atomic E-state index is 5.39. The van der Waals surface area contributed by atoms with Crippen LogP contribution in [0.4, 0.5) is 0 Å². The lowest BCUT2D eigenvalue weighted by atomic mass is 9.80. The van der Waals surface area contributed by atoms with Gasteiger partial charge in [0.15, 0.2) is 0 Å². The zero-order valence-electron chi connectivity index (χ0n) is 10.2. The molecule has 3 heteroatoms. The average molecular weight is 344 g/mol. The molecule has 0 aliphatic heterocycles. The summed E-state index contributed by atoms with van der Waals surface area (Å²) in [6.45, 7) is 8.37. The molecule has 0 aromatic rings. The summed E-state index contributed by atoms with van der Waals surface area (Å²) in [5, 5.41) is 2.16. The van der Waals surface area contributed by atoms with Gasteiger partial charge in [-0.05, 0) is 37.5 Å². The predicted molar refractivity (Wildman–Crippen MR) is 75.2 cm³/mol. The maximum Gasteiger partial charge on any atom is 0.0466 e. The van der Waals surface area contributed by atoms with Crippen molar-refractivity contribution >= 4 is 31.9 Å². The summed E-state index contributed by atoms with van der Waals surface area (Å²) in [7, 11) is 0. The van der Waals surface area contributed by atoms with Crippen molar-refractivity contribution in [2.45, 2.75) is 40.0 Å². The molecule has 0 fully saturated rings. The molecule has 0 rings (SSSR count). The lowest BCUT2D eigenvalue weighted by Crippen LogP contribution is -2.27. The van der Waals surface area contributed by atoms with Crippen molar-refractivity contribution in [3.63, 3.8) is 0 Å². The second kappa shape index (κ2) is 9.00. The van der Waals surface area contributed by atoms with E-state index in [2.05, 4.69) is 52.6 Å². The van der Waals surface area contributed by atoms with Gasteiger partial charge in [-0.2, -0.15) is 0 Å². The maximum absolute atomic E-state index is 5.39. The molecule has 0 N–H and O–H groups in total. The molecule has 0 saturated carbocycles. The minimum Gasteiger partial charge on any atom is -0.382 e. The van der Waals surface area contributed by atoms with Gasteiger partial charge in [0.2, 0.25) is 0 Å². The Morgan fingerprint density at radius 2 is 1.80 bits per heavy atom. The fourth-order valence-electron chi connectivity index (χ4n) is 1.94. The van der Waals surface area contributed by atoms with Crippen molar-refractivity contribution < 1.29 is 4.74 Å². The molecular weight excluding hydrogens is 320 g/mol. The summed E-state index contributed by atoms with van der Waals surface area (Å²) >= 11 is 7.32. The van der Waals surface area contributed by atoms with Crippen LogP contribution in [0.3, 0.4) is 0 Å². The SMILES string of the molecule is CCOCCCC(CBr)(CBr)CC(C)C. The van der Waals surface area contributed by atoms with E-state index in [0.717, 1.165) is 36.2 Å². The molecule has 0 spiro atoms. The van der Waals surface area contributed by atoms with Crippen LogP contribution in [-0.4, -0.2) is 23.9 Å². The van der Waals surface area contributed by atoms with E-state index in [1.807, 2.05) is 0 Å². The summed E-state index contributed by atoms with van der Waals surface area (Å²) in [4.78, 5) is 0. The van der Waals surface area contributed by atoms with Gasteiger partial charge in [0, 0.05) is 23.9 Å². The highest BCUT2D eigenvalue weighted by Crippen LogP contribution is 2.35. The van der Waals surface area contributed by atoms with Crippen molar-refractivity contribution in [2.75, 3.05) is 23.9 Å². The third kappa shape index (κ3) is 6.96. The number of ether oxygens (including phenoxy) is 1. The van der Waals surface area contributed by atoms with E-state index >= 15 is 0 Å². The second-order valence-electron chi connectivity index (χ2n) is 4.67. The number of halogens is 2. The summed E-state index contributed by atoms with van der Waals surface area (Å²) in [5.74, 6) is 0.757. The Kier molecular flexibility index (Phi) is 9.55. The highest BCUT2D eigenvalue weighted by atomic mass is 79.9. The molecule has 1 nitrogen and oxygen atoms in total. The molecule has 0 aromatic carbocycles. The Hall–Kier alpha value is 0.920. The minimum absolute atomic E-state index is 0.408. The Morgan fingerprint density at radius 1 is 1.20 bits per heavy atom. The van der Waals surface area contributed by atoms with Crippen molar-refractivity contribution in [1.29, 1.82) is 0 Å². The summed E-state index contributed by atoms with van der Waals surface area (Å²) < 4.78 is 5.39. The van der Waals surface area contributed by atoms with Crippen molar-refractivity contribution in [3.8, 4) is 0 Å². The normalized spacial score (nSPS) is 12.4. The smallest absolute Gasteiger partial charge is 0.0466 e. The highest BCUT2D eigenvalue weighted by Gasteiger charge is 2.28. The van der Waals surface area contributed by atoms with Crippen LogP contribution >= 0.6 is 31.9 Å². The third-order valence-corrected chi connectivity index (χ3v) is 4.99. The largest absolute Gasteiger partial charge is 0.382 e. The Labute approximate surface area is 112 Å². The molecule has 0 aliphatic carbocycles. The molecule has 15 heavy (non-hydrogen) atoms. The lowest BCUT2D eigenvalue weighted by Gasteiger charge is -2.32. The van der Waals surface area contributed by atoms with Crippen LogP contribution in [0.2, 0.25) is 0 Å². The van der Waals surface area contributed by atoms with Gasteiger partial charge in [-0.1, -0.05) is 45.7 Å². The Balaban J connectivity index is 4.00. The molecule has 0 amide bonds. The van der Waals surface area contributed by atoms with Gasteiger partial charge in [-0.25, -0.2) is 0 Å². The minimum atomic E-state index is 0.408. The number of hydrogen-bond acceptors (Lipinski definition) is 1. The number of hydrogen-bond donors (Lipinski definition) is 0. The second-order valence-corrected chi connectivity index (χ2v) is 5.79. The van der Waals surface area contributed by atoms with Gasteiger partial charge < -0.3 is 4.74 Å². The van der Waals surface area contributed by atoms with Gasteiger partial charge >= 0.3 is 0 Å². The Bertz CT molecular complexity index is 145. The van der Waals surface area contributed by atoms with E-state index in [9.17, 15) is 0 Å². The fourth-order valence-corrected chi connectivity index (χ4v) is 3.89. The summed E-state index contributed by atoms with van der Waals surface area (Å²) in [5.41, 5.74) is 0.408. The molecule has 92 valence electrons. The monoisotopic (exact) mass is 342 g/mol. The summed E-state index contributed by atoms with van der Waals surface area (Å²) in [6, 6.07) is 0. The molecule has 0 bridgehead atoms. The molecule has 0 aromatic heterocycles. The first-order chi connectivity index (χ1) is 7.10. The van der Waals surface area contributed by atoms with Crippen LogP contribution in [0.25, 0.3) is 0 Å². The summed E-state index contributed by atoms with van der Waals surface area (Å²) in [6.07, 6.45) is 3.68. The van der Waals surface area contributed by atoms with Gasteiger partial charge in [-0.15, -0.1) is 0 Å². The molecular formula is C12H24Br2O. The van der Waals surface area contributed by atoms with E-state index < -0.39 is 0 Å². The third-order valence-electron chi connectivity index (χ3n) is 2.61. The standard InChI is InChI=1S/C12H24Br2O/c1-4-15-7-5-6-12(9-13,10-14)8-11(2)3/h11H,4-10H2,1-3H3. The van der Waals surface area contributed by atoms with Gasteiger partial charge in [-0.3, -0.25) is 0 Å². The van der Waals surface area contributed by atoms with Crippen molar-refractivity contribution in [1.82, 2.24) is 0 Å². The van der Waals surface area contributed by atoms with Crippen LogP contribution in [0.5, 0.6) is 0 Å². The average Bonchev–Trinajstić information content (AvgIpc) is 2.22. The van der Waals surface area contributed by atoms with Crippen LogP contribution in [0.15, 0.2) is 0 Å².